The Morgan fingerprint density at radius 3 is 1.95 bits per heavy atom. The molecule has 0 spiro atoms. The van der Waals surface area contributed by atoms with Crippen molar-refractivity contribution in [2.75, 3.05) is 0 Å². The number of fused-ring (bicyclic) bond motifs is 3. The molecule has 1 heterocycles. The normalized spacial score (nSPS) is 13.0. The highest BCUT2D eigenvalue weighted by atomic mass is 19.4. The molecule has 1 aromatic rings. The lowest BCUT2D eigenvalue weighted by Crippen LogP contribution is -2.15. The van der Waals surface area contributed by atoms with E-state index in [9.17, 15) is 26.3 Å². The molecule has 0 amide bonds. The topological polar surface area (TPSA) is 25.8 Å². The second-order valence-electron chi connectivity index (χ2n) is 4.61. The maximum absolute atomic E-state index is 13.1. The first-order valence-electron chi connectivity index (χ1n) is 6.02. The molecule has 114 valence electrons. The van der Waals surface area contributed by atoms with Gasteiger partial charge in [0.2, 0.25) is 0 Å². The van der Waals surface area contributed by atoms with Crippen molar-refractivity contribution in [2.45, 2.75) is 12.4 Å². The Morgan fingerprint density at radius 1 is 0.727 bits per heavy atom. The van der Waals surface area contributed by atoms with E-state index in [-0.39, 0.29) is 11.1 Å². The van der Waals surface area contributed by atoms with Crippen molar-refractivity contribution in [1.29, 1.82) is 0 Å². The smallest absolute Gasteiger partial charge is 0.164 e. The highest BCUT2D eigenvalue weighted by Gasteiger charge is 2.42. The zero-order valence-electron chi connectivity index (χ0n) is 10.6. The average Bonchev–Trinajstić information content (AvgIpc) is 2.59. The van der Waals surface area contributed by atoms with Crippen LogP contribution in [0.1, 0.15) is 11.4 Å². The van der Waals surface area contributed by atoms with E-state index in [2.05, 4.69) is 10.2 Å². The zero-order valence-corrected chi connectivity index (χ0v) is 10.6. The first-order chi connectivity index (χ1) is 10.2. The fourth-order valence-corrected chi connectivity index (χ4v) is 2.34. The van der Waals surface area contributed by atoms with Crippen LogP contribution in [0.2, 0.25) is 0 Å². The van der Waals surface area contributed by atoms with Crippen LogP contribution in [0.15, 0.2) is 36.4 Å². The van der Waals surface area contributed by atoms with Crippen molar-refractivity contribution in [3.63, 3.8) is 0 Å². The van der Waals surface area contributed by atoms with Crippen molar-refractivity contribution in [1.82, 2.24) is 10.2 Å². The van der Waals surface area contributed by atoms with Crippen LogP contribution in [0, 0.1) is 0 Å². The van der Waals surface area contributed by atoms with Crippen molar-refractivity contribution < 1.29 is 26.3 Å². The zero-order chi connectivity index (χ0) is 16.1. The maximum atomic E-state index is 13.1. The fourth-order valence-electron chi connectivity index (χ4n) is 2.34. The number of halogens is 6. The highest BCUT2D eigenvalue weighted by molar-refractivity contribution is 6.04. The molecule has 2 aliphatic rings. The minimum Gasteiger partial charge on any atom is -0.164 e. The number of rotatable bonds is 0. The molecule has 0 aliphatic heterocycles. The summed E-state index contributed by atoms with van der Waals surface area (Å²) in [7, 11) is 0. The van der Waals surface area contributed by atoms with Crippen molar-refractivity contribution >= 4 is 10.8 Å². The highest BCUT2D eigenvalue weighted by Crippen LogP contribution is 2.44. The lowest BCUT2D eigenvalue weighted by atomic mass is 10.1. The van der Waals surface area contributed by atoms with E-state index in [0.29, 0.717) is 0 Å². The maximum Gasteiger partial charge on any atom is 0.435 e. The summed E-state index contributed by atoms with van der Waals surface area (Å²) in [5, 5.41) is 4.37. The van der Waals surface area contributed by atoms with E-state index in [0.717, 1.165) is 6.07 Å². The molecular weight excluding hydrogens is 310 g/mol. The molecule has 3 rings (SSSR count). The molecule has 0 saturated carbocycles. The van der Waals surface area contributed by atoms with E-state index < -0.39 is 34.5 Å². The van der Waals surface area contributed by atoms with Crippen LogP contribution in [0.4, 0.5) is 26.3 Å². The Balaban J connectivity index is 2.51. The van der Waals surface area contributed by atoms with E-state index in [1.165, 1.54) is 24.3 Å². The lowest BCUT2D eigenvalue weighted by Gasteiger charge is -2.11. The van der Waals surface area contributed by atoms with Crippen LogP contribution in [-0.4, -0.2) is 10.2 Å². The standard InChI is InChI=1S/C14H6F6N2/c15-13(16,17)11-9-6-7-4-2-1-3-5-8(7)10(9)12(22-21-11)14(18,19)20/h1-6H. The van der Waals surface area contributed by atoms with Crippen LogP contribution in [-0.2, 0) is 12.4 Å². The Morgan fingerprint density at radius 2 is 1.32 bits per heavy atom. The van der Waals surface area contributed by atoms with Gasteiger partial charge in [0.1, 0.15) is 0 Å². The minimum absolute atomic E-state index is 0.0488. The molecule has 0 radical (unpaired) electrons. The first-order valence-corrected chi connectivity index (χ1v) is 6.02. The van der Waals surface area contributed by atoms with Gasteiger partial charge in [-0.15, -0.1) is 10.2 Å². The molecule has 0 bridgehead atoms. The fraction of sp³-hybridized carbons (Fsp3) is 0.143. The second-order valence-corrected chi connectivity index (χ2v) is 4.61. The van der Waals surface area contributed by atoms with E-state index in [1.807, 2.05) is 0 Å². The summed E-state index contributed by atoms with van der Waals surface area (Å²) < 4.78 is 78.1. The Kier molecular flexibility index (Phi) is 3.01. The lowest BCUT2D eigenvalue weighted by molar-refractivity contribution is -0.145. The largest absolute Gasteiger partial charge is 0.435 e. The quantitative estimate of drug-likeness (QED) is 0.558. The molecule has 2 aliphatic carbocycles. The van der Waals surface area contributed by atoms with Gasteiger partial charge < -0.3 is 0 Å². The predicted molar refractivity (Wildman–Crippen MR) is 66.2 cm³/mol. The molecule has 8 heteroatoms. The molecule has 0 fully saturated rings. The number of aromatic nitrogens is 2. The van der Waals surface area contributed by atoms with Crippen molar-refractivity contribution in [3.05, 3.63) is 47.8 Å². The monoisotopic (exact) mass is 316 g/mol. The van der Waals surface area contributed by atoms with Gasteiger partial charge in [0.15, 0.2) is 11.4 Å². The first kappa shape index (κ1) is 14.6. The summed E-state index contributed by atoms with van der Waals surface area (Å²) in [6.07, 6.45) is -9.78. The van der Waals surface area contributed by atoms with E-state index >= 15 is 0 Å². The van der Waals surface area contributed by atoms with Crippen molar-refractivity contribution in [2.24, 2.45) is 0 Å². The molecule has 0 aromatic carbocycles. The molecule has 0 N–H and O–H groups in total. The Bertz CT molecular complexity index is 822. The van der Waals surface area contributed by atoms with Gasteiger partial charge in [-0.1, -0.05) is 30.3 Å². The molecule has 2 nitrogen and oxygen atoms in total. The van der Waals surface area contributed by atoms with Crippen LogP contribution >= 0.6 is 0 Å². The number of alkyl halides is 6. The third-order valence-electron chi connectivity index (χ3n) is 3.19. The van der Waals surface area contributed by atoms with Gasteiger partial charge in [0.25, 0.3) is 0 Å². The summed E-state index contributed by atoms with van der Waals surface area (Å²) in [6, 6.07) is 8.37. The number of hydrogen-bond donors (Lipinski definition) is 0. The second kappa shape index (κ2) is 4.56. The summed E-state index contributed by atoms with van der Waals surface area (Å²) in [5.74, 6) is 0. The Labute approximate surface area is 119 Å². The molecule has 0 unspecified atom stereocenters. The van der Waals surface area contributed by atoms with Gasteiger partial charge in [0, 0.05) is 10.8 Å². The predicted octanol–water partition coefficient (Wildman–Crippen LogP) is 4.77. The summed E-state index contributed by atoms with van der Waals surface area (Å²) in [6.45, 7) is 0. The number of nitrogens with zero attached hydrogens (tertiary/aromatic N) is 2. The van der Waals surface area contributed by atoms with Gasteiger partial charge in [-0.2, -0.15) is 26.3 Å². The third kappa shape index (κ3) is 2.24. The summed E-state index contributed by atoms with van der Waals surface area (Å²) in [4.78, 5) is 0. The van der Waals surface area contributed by atoms with E-state index in [4.69, 9.17) is 0 Å². The molecule has 0 atom stereocenters. The van der Waals surface area contributed by atoms with Crippen LogP contribution in [0.5, 0.6) is 0 Å². The van der Waals surface area contributed by atoms with Gasteiger partial charge in [-0.05, 0) is 17.2 Å². The third-order valence-corrected chi connectivity index (χ3v) is 3.19. The van der Waals surface area contributed by atoms with Crippen LogP contribution in [0.25, 0.3) is 21.9 Å². The van der Waals surface area contributed by atoms with Gasteiger partial charge in [-0.3, -0.25) is 0 Å². The van der Waals surface area contributed by atoms with Gasteiger partial charge in [-0.25, -0.2) is 0 Å². The van der Waals surface area contributed by atoms with Crippen molar-refractivity contribution in [3.8, 4) is 11.1 Å². The minimum atomic E-state index is -4.90. The van der Waals surface area contributed by atoms with Gasteiger partial charge >= 0.3 is 12.4 Å². The van der Waals surface area contributed by atoms with E-state index in [1.54, 1.807) is 6.07 Å². The molecule has 0 saturated heterocycles. The van der Waals surface area contributed by atoms with Crippen LogP contribution in [0.3, 0.4) is 0 Å². The SMILES string of the molecule is FC(F)(F)c1nnc(C(F)(F)F)c2c3cccccc-3cc12. The molecular formula is C14H6F6N2. The molecule has 1 aromatic heterocycles. The average molecular weight is 316 g/mol. The van der Waals surface area contributed by atoms with Gasteiger partial charge in [0.05, 0.1) is 0 Å². The summed E-state index contributed by atoms with van der Waals surface area (Å²) in [5.41, 5.74) is -2.54. The Hall–Kier alpha value is -2.38. The number of hydrogen-bond acceptors (Lipinski definition) is 2. The molecule has 22 heavy (non-hydrogen) atoms. The summed E-state index contributed by atoms with van der Waals surface area (Å²) >= 11 is 0. The van der Waals surface area contributed by atoms with Crippen LogP contribution < -0.4 is 0 Å².